The van der Waals surface area contributed by atoms with Crippen LogP contribution < -0.4 is 4.90 Å². The van der Waals surface area contributed by atoms with Crippen LogP contribution >= 0.6 is 11.3 Å². The number of benzene rings is 7. The van der Waals surface area contributed by atoms with E-state index in [9.17, 15) is 0 Å². The van der Waals surface area contributed by atoms with Gasteiger partial charge in [0.1, 0.15) is 4.83 Å². The summed E-state index contributed by atoms with van der Waals surface area (Å²) < 4.78 is 1.26. The number of hydrogen-bond acceptors (Lipinski definition) is 3. The maximum absolute atomic E-state index is 5.07. The highest BCUT2D eigenvalue weighted by Crippen LogP contribution is 2.44. The first-order valence-corrected chi connectivity index (χ1v) is 16.4. The number of fused-ring (bicyclic) bond motifs is 5. The van der Waals surface area contributed by atoms with Crippen molar-refractivity contribution >= 4 is 70.2 Å². The van der Waals surface area contributed by atoms with Crippen molar-refractivity contribution in [1.29, 1.82) is 0 Å². The molecule has 0 saturated heterocycles. The molecule has 216 valence electrons. The smallest absolute Gasteiger partial charge is 0.124 e. The summed E-state index contributed by atoms with van der Waals surface area (Å²) in [7, 11) is 0. The quantitative estimate of drug-likeness (QED) is 0.194. The molecule has 46 heavy (non-hydrogen) atoms. The number of aromatic nitrogens is 1. The van der Waals surface area contributed by atoms with Crippen LogP contribution in [0.1, 0.15) is 0 Å². The number of pyridine rings is 1. The van der Waals surface area contributed by atoms with Gasteiger partial charge in [-0.05, 0) is 74.8 Å². The van der Waals surface area contributed by atoms with E-state index < -0.39 is 0 Å². The molecule has 0 fully saturated rings. The van der Waals surface area contributed by atoms with Gasteiger partial charge in [-0.1, -0.05) is 127 Å². The van der Waals surface area contributed by atoms with E-state index in [0.29, 0.717) is 0 Å². The molecular formula is C43H28N2S. The molecule has 0 aliphatic heterocycles. The van der Waals surface area contributed by atoms with Gasteiger partial charge in [-0.2, -0.15) is 0 Å². The van der Waals surface area contributed by atoms with Crippen LogP contribution in [-0.2, 0) is 0 Å². The third kappa shape index (κ3) is 4.52. The molecule has 9 rings (SSSR count). The molecule has 2 nitrogen and oxygen atoms in total. The van der Waals surface area contributed by atoms with Crippen LogP contribution in [0.25, 0.3) is 64.1 Å². The van der Waals surface area contributed by atoms with Crippen LogP contribution in [0.5, 0.6) is 0 Å². The van der Waals surface area contributed by atoms with Crippen LogP contribution in [0.15, 0.2) is 170 Å². The lowest BCUT2D eigenvalue weighted by Crippen LogP contribution is -2.11. The molecular weight excluding hydrogens is 577 g/mol. The molecule has 9 aromatic rings. The van der Waals surface area contributed by atoms with E-state index in [2.05, 4.69) is 169 Å². The molecule has 3 heteroatoms. The van der Waals surface area contributed by atoms with Gasteiger partial charge in [-0.3, -0.25) is 0 Å². The summed E-state index contributed by atoms with van der Waals surface area (Å²) >= 11 is 1.76. The van der Waals surface area contributed by atoms with Crippen molar-refractivity contribution in [2.45, 2.75) is 0 Å². The highest BCUT2D eigenvalue weighted by atomic mass is 32.1. The number of nitrogens with zero attached hydrogens (tertiary/aromatic N) is 2. The first-order valence-electron chi connectivity index (χ1n) is 15.5. The standard InChI is InChI=1S/C43H28N2S/c1-3-11-29(12-4-1)30-19-21-34(22-20-30)45(41-24-23-36(31-13-5-2-6-14-31)37-17-9-10-18-38(37)41)35-27-40-39-25-32-15-7-8-16-33(32)26-42(39)46-43(40)44-28-35/h1-28H. The fourth-order valence-corrected chi connectivity index (χ4v) is 7.72. The zero-order chi connectivity index (χ0) is 30.5. The van der Waals surface area contributed by atoms with Crippen molar-refractivity contribution in [1.82, 2.24) is 4.98 Å². The minimum absolute atomic E-state index is 1.03. The molecule has 0 radical (unpaired) electrons. The number of thiophene rings is 1. The predicted octanol–water partition coefficient (Wildman–Crippen LogP) is 12.6. The molecule has 2 heterocycles. The highest BCUT2D eigenvalue weighted by Gasteiger charge is 2.19. The SMILES string of the molecule is c1ccc(-c2ccc(N(c3cnc4sc5cc6ccccc6cc5c4c3)c3ccc(-c4ccccc4)c4ccccc34)cc2)cc1. The Morgan fingerprint density at radius 2 is 1.07 bits per heavy atom. The number of anilines is 3. The Hall–Kier alpha value is -5.77. The van der Waals surface area contributed by atoms with Crippen molar-refractivity contribution in [2.75, 3.05) is 4.90 Å². The van der Waals surface area contributed by atoms with Crippen molar-refractivity contribution < 1.29 is 0 Å². The zero-order valence-electron chi connectivity index (χ0n) is 25.0. The Labute approximate surface area is 271 Å². The van der Waals surface area contributed by atoms with Crippen LogP contribution in [0, 0.1) is 0 Å². The summed E-state index contributed by atoms with van der Waals surface area (Å²) in [6.07, 6.45) is 2.03. The Balaban J connectivity index is 1.27. The molecule has 0 bridgehead atoms. The highest BCUT2D eigenvalue weighted by molar-refractivity contribution is 7.25. The predicted molar refractivity (Wildman–Crippen MR) is 198 cm³/mol. The van der Waals surface area contributed by atoms with E-state index in [0.717, 1.165) is 21.9 Å². The molecule has 0 aliphatic rings. The molecule has 0 amide bonds. The summed E-state index contributed by atoms with van der Waals surface area (Å²) in [6, 6.07) is 58.9. The summed E-state index contributed by atoms with van der Waals surface area (Å²) in [5.74, 6) is 0. The first kappa shape index (κ1) is 26.6. The second kappa shape index (κ2) is 11.0. The van der Waals surface area contributed by atoms with Gasteiger partial charge in [0.05, 0.1) is 17.6 Å². The van der Waals surface area contributed by atoms with Gasteiger partial charge < -0.3 is 4.90 Å². The topological polar surface area (TPSA) is 16.1 Å². The lowest BCUT2D eigenvalue weighted by molar-refractivity contribution is 1.27. The van der Waals surface area contributed by atoms with Crippen LogP contribution in [-0.4, -0.2) is 4.98 Å². The minimum Gasteiger partial charge on any atom is -0.308 e. The lowest BCUT2D eigenvalue weighted by atomic mass is 9.96. The third-order valence-corrected chi connectivity index (χ3v) is 9.98. The average Bonchev–Trinajstić information content (AvgIpc) is 3.48. The maximum Gasteiger partial charge on any atom is 0.124 e. The van der Waals surface area contributed by atoms with E-state index in [1.165, 1.54) is 59.3 Å². The van der Waals surface area contributed by atoms with Crippen LogP contribution in [0.4, 0.5) is 17.1 Å². The fourth-order valence-electron chi connectivity index (χ4n) is 6.66. The van der Waals surface area contributed by atoms with Crippen molar-refractivity contribution in [2.24, 2.45) is 0 Å². The van der Waals surface area contributed by atoms with E-state index in [4.69, 9.17) is 4.98 Å². The molecule has 0 spiro atoms. The molecule has 0 unspecified atom stereocenters. The largest absolute Gasteiger partial charge is 0.308 e. The van der Waals surface area contributed by atoms with Gasteiger partial charge >= 0.3 is 0 Å². The Morgan fingerprint density at radius 3 is 1.83 bits per heavy atom. The average molecular weight is 605 g/mol. The monoisotopic (exact) mass is 604 g/mol. The van der Waals surface area contributed by atoms with Gasteiger partial charge in [0.25, 0.3) is 0 Å². The Bertz CT molecular complexity index is 2520. The molecule has 0 atom stereocenters. The summed E-state index contributed by atoms with van der Waals surface area (Å²) in [5, 5.41) is 7.34. The third-order valence-electron chi connectivity index (χ3n) is 8.90. The van der Waals surface area contributed by atoms with Crippen molar-refractivity contribution in [3.63, 3.8) is 0 Å². The van der Waals surface area contributed by atoms with Gasteiger partial charge in [0.15, 0.2) is 0 Å². The van der Waals surface area contributed by atoms with E-state index >= 15 is 0 Å². The molecule has 0 saturated carbocycles. The second-order valence-electron chi connectivity index (χ2n) is 11.6. The van der Waals surface area contributed by atoms with Crippen molar-refractivity contribution in [3.05, 3.63) is 170 Å². The molecule has 0 N–H and O–H groups in total. The fraction of sp³-hybridized carbons (Fsp3) is 0. The van der Waals surface area contributed by atoms with Gasteiger partial charge in [-0.25, -0.2) is 4.98 Å². The van der Waals surface area contributed by atoms with E-state index in [1.54, 1.807) is 11.3 Å². The molecule has 7 aromatic carbocycles. The zero-order valence-corrected chi connectivity index (χ0v) is 25.8. The first-order chi connectivity index (χ1) is 22.8. The van der Waals surface area contributed by atoms with Gasteiger partial charge in [-0.15, -0.1) is 11.3 Å². The van der Waals surface area contributed by atoms with Crippen LogP contribution in [0.3, 0.4) is 0 Å². The molecule has 0 aliphatic carbocycles. The lowest BCUT2D eigenvalue weighted by Gasteiger charge is -2.27. The summed E-state index contributed by atoms with van der Waals surface area (Å²) in [5.41, 5.74) is 8.08. The normalized spacial score (nSPS) is 11.5. The molecule has 2 aromatic heterocycles. The van der Waals surface area contributed by atoms with Gasteiger partial charge in [0, 0.05) is 26.5 Å². The Kier molecular flexibility index (Phi) is 6.36. The van der Waals surface area contributed by atoms with Gasteiger partial charge in [0.2, 0.25) is 0 Å². The van der Waals surface area contributed by atoms with E-state index in [1.807, 2.05) is 6.20 Å². The summed E-state index contributed by atoms with van der Waals surface area (Å²) in [4.78, 5) is 8.49. The number of rotatable bonds is 5. The summed E-state index contributed by atoms with van der Waals surface area (Å²) in [6.45, 7) is 0. The van der Waals surface area contributed by atoms with Crippen molar-refractivity contribution in [3.8, 4) is 22.3 Å². The second-order valence-corrected chi connectivity index (χ2v) is 12.7. The van der Waals surface area contributed by atoms with E-state index in [-0.39, 0.29) is 0 Å². The minimum atomic E-state index is 1.03. The number of hydrogen-bond donors (Lipinski definition) is 0. The Morgan fingerprint density at radius 1 is 0.435 bits per heavy atom. The maximum atomic E-state index is 5.07. The van der Waals surface area contributed by atoms with Crippen LogP contribution in [0.2, 0.25) is 0 Å².